The molecule has 0 aliphatic heterocycles. The predicted octanol–water partition coefficient (Wildman–Crippen LogP) is 1.82. The van der Waals surface area contributed by atoms with Gasteiger partial charge in [-0.2, -0.15) is 0 Å². The predicted molar refractivity (Wildman–Crippen MR) is 91.9 cm³/mol. The highest BCUT2D eigenvalue weighted by Crippen LogP contribution is 2.61. The minimum Gasteiger partial charge on any atom is -0.455 e. The molecule has 6 nitrogen and oxygen atoms in total. The molecule has 0 saturated heterocycles. The summed E-state index contributed by atoms with van der Waals surface area (Å²) in [5, 5.41) is 12.9. The lowest BCUT2D eigenvalue weighted by Gasteiger charge is -2.58. The number of imide groups is 1. The first-order chi connectivity index (χ1) is 12.4. The number of nitrogens with one attached hydrogen (secondary N) is 1. The lowest BCUT2D eigenvalue weighted by Crippen LogP contribution is -2.58. The lowest BCUT2D eigenvalue weighted by atomic mass is 9.48. The SMILES string of the molecule is O=C(COC(=O)C12C[C@@H]3C[C@@H](CC(O)(C3)C1)C2)NC(=O)c1ccccc1. The third-order valence-electron chi connectivity index (χ3n) is 6.09. The second-order valence-corrected chi connectivity index (χ2v) is 8.29. The van der Waals surface area contributed by atoms with Gasteiger partial charge in [-0.1, -0.05) is 18.2 Å². The zero-order chi connectivity index (χ0) is 18.4. The molecule has 5 rings (SSSR count). The quantitative estimate of drug-likeness (QED) is 0.802. The second kappa shape index (κ2) is 6.20. The molecule has 4 aliphatic carbocycles. The molecule has 4 bridgehead atoms. The first-order valence-corrected chi connectivity index (χ1v) is 9.16. The van der Waals surface area contributed by atoms with Crippen LogP contribution in [0.1, 0.15) is 48.9 Å². The van der Waals surface area contributed by atoms with Crippen molar-refractivity contribution in [3.05, 3.63) is 35.9 Å². The van der Waals surface area contributed by atoms with Crippen LogP contribution in [0.2, 0.25) is 0 Å². The maximum Gasteiger partial charge on any atom is 0.312 e. The van der Waals surface area contributed by atoms with Gasteiger partial charge in [-0.05, 0) is 62.5 Å². The number of amides is 2. The van der Waals surface area contributed by atoms with Crippen LogP contribution in [0.4, 0.5) is 0 Å². The minimum atomic E-state index is -0.755. The second-order valence-electron chi connectivity index (χ2n) is 8.29. The fraction of sp³-hybridized carbons (Fsp3) is 0.550. The number of carbonyl (C=O) groups is 3. The van der Waals surface area contributed by atoms with Crippen LogP contribution in [-0.4, -0.2) is 35.1 Å². The average molecular weight is 357 g/mol. The van der Waals surface area contributed by atoms with E-state index in [0.29, 0.717) is 23.8 Å². The summed E-state index contributed by atoms with van der Waals surface area (Å²) in [7, 11) is 0. The largest absolute Gasteiger partial charge is 0.455 e. The molecule has 0 aromatic heterocycles. The Hall–Kier alpha value is -2.21. The Kier molecular flexibility index (Phi) is 4.10. The van der Waals surface area contributed by atoms with Gasteiger partial charge in [-0.3, -0.25) is 19.7 Å². The number of esters is 1. The van der Waals surface area contributed by atoms with Crippen LogP contribution >= 0.6 is 0 Å². The zero-order valence-electron chi connectivity index (χ0n) is 14.6. The molecule has 4 aliphatic rings. The van der Waals surface area contributed by atoms with Crippen molar-refractivity contribution in [2.24, 2.45) is 17.3 Å². The summed E-state index contributed by atoms with van der Waals surface area (Å²) in [6.45, 7) is -0.479. The maximum absolute atomic E-state index is 12.7. The summed E-state index contributed by atoms with van der Waals surface area (Å²) in [5.74, 6) is -0.844. The topological polar surface area (TPSA) is 92.7 Å². The normalized spacial score (nSPS) is 34.3. The Morgan fingerprint density at radius 3 is 2.35 bits per heavy atom. The van der Waals surface area contributed by atoms with Gasteiger partial charge < -0.3 is 9.84 Å². The van der Waals surface area contributed by atoms with Crippen LogP contribution in [0.3, 0.4) is 0 Å². The van der Waals surface area contributed by atoms with Crippen LogP contribution in [0.5, 0.6) is 0 Å². The lowest BCUT2D eigenvalue weighted by molar-refractivity contribution is -0.196. The van der Waals surface area contributed by atoms with Gasteiger partial charge >= 0.3 is 5.97 Å². The highest BCUT2D eigenvalue weighted by Gasteiger charge is 2.60. The van der Waals surface area contributed by atoms with Crippen LogP contribution in [-0.2, 0) is 14.3 Å². The average Bonchev–Trinajstić information content (AvgIpc) is 2.58. The van der Waals surface area contributed by atoms with Gasteiger partial charge in [0.05, 0.1) is 11.0 Å². The molecule has 4 atom stereocenters. The monoisotopic (exact) mass is 357 g/mol. The summed E-state index contributed by atoms with van der Waals surface area (Å²) in [5.41, 5.74) is -1.05. The van der Waals surface area contributed by atoms with Gasteiger partial charge in [0.1, 0.15) is 0 Å². The number of rotatable bonds is 4. The van der Waals surface area contributed by atoms with Crippen LogP contribution in [0, 0.1) is 17.3 Å². The molecule has 0 spiro atoms. The van der Waals surface area contributed by atoms with Crippen molar-refractivity contribution in [1.82, 2.24) is 5.32 Å². The summed E-state index contributed by atoms with van der Waals surface area (Å²) in [6, 6.07) is 8.39. The molecule has 2 N–H and O–H groups in total. The van der Waals surface area contributed by atoms with E-state index in [0.717, 1.165) is 32.1 Å². The molecular formula is C20H23NO5. The fourth-order valence-corrected chi connectivity index (χ4v) is 5.56. The van der Waals surface area contributed by atoms with Crippen molar-refractivity contribution in [3.8, 4) is 0 Å². The van der Waals surface area contributed by atoms with E-state index < -0.39 is 35.4 Å². The summed E-state index contributed by atoms with van der Waals surface area (Å²) in [6.07, 6.45) is 4.50. The molecule has 0 radical (unpaired) electrons. The molecule has 26 heavy (non-hydrogen) atoms. The highest BCUT2D eigenvalue weighted by atomic mass is 16.5. The third kappa shape index (κ3) is 3.14. The van der Waals surface area contributed by atoms with E-state index in [1.807, 2.05) is 0 Å². The molecule has 1 aromatic rings. The first-order valence-electron chi connectivity index (χ1n) is 9.16. The van der Waals surface area contributed by atoms with Gasteiger partial charge in [0, 0.05) is 5.56 Å². The Morgan fingerprint density at radius 2 is 1.73 bits per heavy atom. The van der Waals surface area contributed by atoms with E-state index in [1.54, 1.807) is 30.3 Å². The van der Waals surface area contributed by atoms with Gasteiger partial charge in [0.2, 0.25) is 0 Å². The Labute approximate surface area is 151 Å². The number of aliphatic hydroxyl groups is 1. The molecule has 0 heterocycles. The Bertz CT molecular complexity index is 730. The van der Waals surface area contributed by atoms with E-state index in [9.17, 15) is 19.5 Å². The van der Waals surface area contributed by atoms with Crippen LogP contribution < -0.4 is 5.32 Å². The standard InChI is InChI=1S/C20H23NO5/c22-16(21-17(23)15-4-2-1-3-5-15)11-26-18(24)19-7-13-6-14(8-19)10-20(25,9-13)12-19/h1-5,13-14,25H,6-12H2,(H,21,22,23)/t13-,14+,19?,20?. The smallest absolute Gasteiger partial charge is 0.312 e. The number of benzene rings is 1. The van der Waals surface area contributed by atoms with E-state index in [-0.39, 0.29) is 0 Å². The van der Waals surface area contributed by atoms with E-state index in [2.05, 4.69) is 5.32 Å². The molecule has 138 valence electrons. The van der Waals surface area contributed by atoms with Gasteiger partial charge in [-0.25, -0.2) is 0 Å². The molecule has 6 heteroatoms. The molecule has 2 amide bonds. The number of hydrogen-bond acceptors (Lipinski definition) is 5. The number of hydrogen-bond donors (Lipinski definition) is 2. The van der Waals surface area contributed by atoms with E-state index >= 15 is 0 Å². The number of carbonyl (C=O) groups excluding carboxylic acids is 3. The van der Waals surface area contributed by atoms with Gasteiger partial charge in [0.15, 0.2) is 6.61 Å². The molecule has 4 fully saturated rings. The van der Waals surface area contributed by atoms with Gasteiger partial charge in [0.25, 0.3) is 11.8 Å². The van der Waals surface area contributed by atoms with E-state index in [4.69, 9.17) is 4.74 Å². The first kappa shape index (κ1) is 17.2. The summed E-state index contributed by atoms with van der Waals surface area (Å²) in [4.78, 5) is 36.6. The molecule has 4 saturated carbocycles. The molecule has 2 unspecified atom stereocenters. The van der Waals surface area contributed by atoms with Crippen molar-refractivity contribution in [3.63, 3.8) is 0 Å². The van der Waals surface area contributed by atoms with E-state index in [1.165, 1.54) is 0 Å². The van der Waals surface area contributed by atoms with Crippen molar-refractivity contribution in [2.45, 2.75) is 44.1 Å². The maximum atomic E-state index is 12.7. The third-order valence-corrected chi connectivity index (χ3v) is 6.09. The van der Waals surface area contributed by atoms with Crippen LogP contribution in [0.15, 0.2) is 30.3 Å². The number of ether oxygens (including phenoxy) is 1. The minimum absolute atomic E-state index is 0.363. The molecule has 1 aromatic carbocycles. The van der Waals surface area contributed by atoms with Crippen molar-refractivity contribution < 1.29 is 24.2 Å². The summed E-state index contributed by atoms with van der Waals surface area (Å²) >= 11 is 0. The Balaban J connectivity index is 1.34. The van der Waals surface area contributed by atoms with Crippen molar-refractivity contribution in [1.29, 1.82) is 0 Å². The summed E-state index contributed by atoms with van der Waals surface area (Å²) < 4.78 is 5.26. The van der Waals surface area contributed by atoms with Crippen molar-refractivity contribution in [2.75, 3.05) is 6.61 Å². The Morgan fingerprint density at radius 1 is 1.08 bits per heavy atom. The zero-order valence-corrected chi connectivity index (χ0v) is 14.6. The van der Waals surface area contributed by atoms with Crippen LogP contribution in [0.25, 0.3) is 0 Å². The van der Waals surface area contributed by atoms with Gasteiger partial charge in [-0.15, -0.1) is 0 Å². The highest BCUT2D eigenvalue weighted by molar-refractivity contribution is 6.05. The van der Waals surface area contributed by atoms with Crippen molar-refractivity contribution >= 4 is 17.8 Å². The fourth-order valence-electron chi connectivity index (χ4n) is 5.56. The molecular weight excluding hydrogens is 334 g/mol.